The van der Waals surface area contributed by atoms with E-state index in [-0.39, 0.29) is 5.41 Å². The molecule has 0 radical (unpaired) electrons. The van der Waals surface area contributed by atoms with Gasteiger partial charge >= 0.3 is 0 Å². The van der Waals surface area contributed by atoms with Gasteiger partial charge in [0.2, 0.25) is 0 Å². The number of benzene rings is 9. The maximum atomic E-state index is 5.37. The van der Waals surface area contributed by atoms with E-state index in [0.717, 1.165) is 27.5 Å². The summed E-state index contributed by atoms with van der Waals surface area (Å²) in [4.78, 5) is 15.8. The van der Waals surface area contributed by atoms with Crippen molar-refractivity contribution < 1.29 is 0 Å². The summed E-state index contributed by atoms with van der Waals surface area (Å²) < 4.78 is 0. The Hall–Kier alpha value is -6.97. The molecular formula is C52H35N3. The lowest BCUT2D eigenvalue weighted by Gasteiger charge is -2.24. The first kappa shape index (κ1) is 31.5. The van der Waals surface area contributed by atoms with Crippen molar-refractivity contribution in [3.63, 3.8) is 0 Å². The Kier molecular flexibility index (Phi) is 6.90. The number of fused-ring (bicyclic) bond motifs is 8. The zero-order chi connectivity index (χ0) is 36.7. The second-order valence-corrected chi connectivity index (χ2v) is 15.1. The molecule has 1 aliphatic rings. The van der Waals surface area contributed by atoms with Gasteiger partial charge in [-0.25, -0.2) is 15.0 Å². The van der Waals surface area contributed by atoms with E-state index in [2.05, 4.69) is 172 Å². The molecule has 0 N–H and O–H groups in total. The first-order chi connectivity index (χ1) is 27.0. The molecule has 55 heavy (non-hydrogen) atoms. The molecule has 0 unspecified atom stereocenters. The minimum absolute atomic E-state index is 0.219. The van der Waals surface area contributed by atoms with Crippen molar-refractivity contribution in [2.75, 3.05) is 0 Å². The van der Waals surface area contributed by atoms with E-state index in [4.69, 9.17) is 15.0 Å². The Labute approximate surface area is 319 Å². The molecule has 0 aliphatic heterocycles. The summed E-state index contributed by atoms with van der Waals surface area (Å²) in [7, 11) is 0. The smallest absolute Gasteiger partial charge is 0.164 e. The van der Waals surface area contributed by atoms with Gasteiger partial charge in [-0.15, -0.1) is 0 Å². The first-order valence-corrected chi connectivity index (χ1v) is 19.0. The summed E-state index contributed by atoms with van der Waals surface area (Å²) in [5.41, 5.74) is 10.3. The van der Waals surface area contributed by atoms with Crippen LogP contribution in [-0.2, 0) is 5.41 Å². The largest absolute Gasteiger partial charge is 0.208 e. The van der Waals surface area contributed by atoms with Crippen LogP contribution in [0, 0.1) is 0 Å². The van der Waals surface area contributed by atoms with Crippen LogP contribution in [0.2, 0.25) is 0 Å². The van der Waals surface area contributed by atoms with Crippen LogP contribution in [0.4, 0.5) is 0 Å². The van der Waals surface area contributed by atoms with Crippen molar-refractivity contribution in [1.29, 1.82) is 0 Å². The Bertz CT molecular complexity index is 3180. The van der Waals surface area contributed by atoms with Gasteiger partial charge in [0.1, 0.15) is 0 Å². The third-order valence-corrected chi connectivity index (χ3v) is 11.7. The number of aromatic nitrogens is 3. The molecule has 0 atom stereocenters. The van der Waals surface area contributed by atoms with Gasteiger partial charge in [0.05, 0.1) is 0 Å². The summed E-state index contributed by atoms with van der Waals surface area (Å²) in [6, 6.07) is 63.1. The van der Waals surface area contributed by atoms with Gasteiger partial charge in [0, 0.05) is 22.1 Å². The number of rotatable bonds is 4. The maximum absolute atomic E-state index is 5.37. The van der Waals surface area contributed by atoms with Crippen molar-refractivity contribution >= 4 is 43.1 Å². The van der Waals surface area contributed by atoms with Gasteiger partial charge in [0.25, 0.3) is 0 Å². The summed E-state index contributed by atoms with van der Waals surface area (Å²) in [6.07, 6.45) is 0. The molecule has 0 saturated carbocycles. The molecule has 0 saturated heterocycles. The van der Waals surface area contributed by atoms with Crippen LogP contribution in [0.5, 0.6) is 0 Å². The standard InChI is InChI=1S/C52H35N3/c1-52(2)46-26-13-12-23-39(46)42-24-14-25-44(48(42)52)51-54-49(33-16-4-3-5-17-33)53-50(55-51)43-30-29-40(37-21-10-11-22-38(37)43)47-36-20-9-7-18-34(36)31-45-35-19-8-6-15-32(35)27-28-41(45)47/h3-31H,1-2H3. The number of hydrogen-bond donors (Lipinski definition) is 0. The fraction of sp³-hybridized carbons (Fsp3) is 0.0577. The summed E-state index contributed by atoms with van der Waals surface area (Å²) in [6.45, 7) is 4.63. The third kappa shape index (κ3) is 4.79. The summed E-state index contributed by atoms with van der Waals surface area (Å²) in [5.74, 6) is 2.00. The van der Waals surface area contributed by atoms with E-state index in [0.29, 0.717) is 17.5 Å². The first-order valence-electron chi connectivity index (χ1n) is 19.0. The van der Waals surface area contributed by atoms with Crippen LogP contribution in [0.25, 0.3) is 99.5 Å². The van der Waals surface area contributed by atoms with Crippen molar-refractivity contribution in [3.05, 3.63) is 187 Å². The number of hydrogen-bond acceptors (Lipinski definition) is 3. The van der Waals surface area contributed by atoms with Crippen molar-refractivity contribution in [2.45, 2.75) is 19.3 Å². The highest BCUT2D eigenvalue weighted by molar-refractivity contribution is 6.22. The summed E-state index contributed by atoms with van der Waals surface area (Å²) in [5, 5.41) is 9.73. The van der Waals surface area contributed by atoms with Crippen LogP contribution in [0.1, 0.15) is 25.0 Å². The molecule has 0 spiro atoms. The average Bonchev–Trinajstić information content (AvgIpc) is 3.48. The molecule has 258 valence electrons. The molecule has 1 aromatic heterocycles. The van der Waals surface area contributed by atoms with Crippen LogP contribution in [-0.4, -0.2) is 15.0 Å². The molecule has 0 fully saturated rings. The molecule has 3 nitrogen and oxygen atoms in total. The fourth-order valence-electron chi connectivity index (χ4n) is 9.19. The minimum atomic E-state index is -0.219. The molecule has 9 aromatic carbocycles. The van der Waals surface area contributed by atoms with Crippen molar-refractivity contribution in [2.24, 2.45) is 0 Å². The maximum Gasteiger partial charge on any atom is 0.164 e. The van der Waals surface area contributed by atoms with E-state index in [1.165, 1.54) is 65.7 Å². The molecule has 0 bridgehead atoms. The second kappa shape index (κ2) is 12.0. The topological polar surface area (TPSA) is 38.7 Å². The highest BCUT2D eigenvalue weighted by atomic mass is 15.0. The van der Waals surface area contributed by atoms with E-state index < -0.39 is 0 Å². The van der Waals surface area contributed by atoms with Gasteiger partial charge in [-0.1, -0.05) is 178 Å². The highest BCUT2D eigenvalue weighted by Crippen LogP contribution is 2.52. The van der Waals surface area contributed by atoms with E-state index in [9.17, 15) is 0 Å². The SMILES string of the molecule is CC1(C)c2ccccc2-c2cccc(-c3nc(-c4ccccc4)nc(-c4ccc(-c5c6ccccc6cc6c5ccc5ccccc56)c5ccccc45)n3)c21. The van der Waals surface area contributed by atoms with Gasteiger partial charge in [-0.3, -0.25) is 0 Å². The zero-order valence-electron chi connectivity index (χ0n) is 30.6. The van der Waals surface area contributed by atoms with Crippen LogP contribution in [0.15, 0.2) is 176 Å². The lowest BCUT2D eigenvalue weighted by atomic mass is 9.80. The normalized spacial score (nSPS) is 13.1. The zero-order valence-corrected chi connectivity index (χ0v) is 30.6. The van der Waals surface area contributed by atoms with Gasteiger partial charge in [0.15, 0.2) is 17.5 Å². The predicted octanol–water partition coefficient (Wildman–Crippen LogP) is 13.5. The lowest BCUT2D eigenvalue weighted by molar-refractivity contribution is 0.661. The predicted molar refractivity (Wildman–Crippen MR) is 229 cm³/mol. The van der Waals surface area contributed by atoms with E-state index >= 15 is 0 Å². The average molecular weight is 702 g/mol. The quantitative estimate of drug-likeness (QED) is 0.135. The van der Waals surface area contributed by atoms with Crippen LogP contribution >= 0.6 is 0 Å². The third-order valence-electron chi connectivity index (χ3n) is 11.7. The molecule has 1 aliphatic carbocycles. The molecule has 0 amide bonds. The van der Waals surface area contributed by atoms with Gasteiger partial charge in [-0.05, 0) is 88.6 Å². The molecule has 11 rings (SSSR count). The molecule has 3 heteroatoms. The molecule has 10 aromatic rings. The van der Waals surface area contributed by atoms with Crippen molar-refractivity contribution in [3.8, 4) is 56.4 Å². The molecular weight excluding hydrogens is 667 g/mol. The highest BCUT2D eigenvalue weighted by Gasteiger charge is 2.38. The van der Waals surface area contributed by atoms with Gasteiger partial charge in [-0.2, -0.15) is 0 Å². The fourth-order valence-corrected chi connectivity index (χ4v) is 9.19. The summed E-state index contributed by atoms with van der Waals surface area (Å²) >= 11 is 0. The molecule has 1 heterocycles. The minimum Gasteiger partial charge on any atom is -0.208 e. The Morgan fingerprint density at radius 3 is 1.75 bits per heavy atom. The lowest BCUT2D eigenvalue weighted by Crippen LogP contribution is -2.17. The van der Waals surface area contributed by atoms with Crippen molar-refractivity contribution in [1.82, 2.24) is 15.0 Å². The Morgan fingerprint density at radius 2 is 0.927 bits per heavy atom. The van der Waals surface area contributed by atoms with E-state index in [1.54, 1.807) is 0 Å². The Morgan fingerprint density at radius 1 is 0.345 bits per heavy atom. The van der Waals surface area contributed by atoms with Gasteiger partial charge < -0.3 is 0 Å². The van der Waals surface area contributed by atoms with E-state index in [1.807, 2.05) is 18.2 Å². The second-order valence-electron chi connectivity index (χ2n) is 15.1. The number of nitrogens with zero attached hydrogens (tertiary/aromatic N) is 3. The monoisotopic (exact) mass is 701 g/mol. The Balaban J connectivity index is 1.17. The van der Waals surface area contributed by atoms with Crippen LogP contribution in [0.3, 0.4) is 0 Å². The van der Waals surface area contributed by atoms with Crippen LogP contribution < -0.4 is 0 Å².